The molecule has 1 saturated heterocycles. The fraction of sp³-hybridized carbons (Fsp3) is 0.583. The zero-order valence-corrected chi connectivity index (χ0v) is 10.5. The molecular weight excluding hydrogens is 220 g/mol. The SMILES string of the molecule is CC1CN(C(=O)C(N)c2cccs2)CC1C. The van der Waals surface area contributed by atoms with E-state index in [1.807, 2.05) is 22.4 Å². The lowest BCUT2D eigenvalue weighted by atomic mass is 10.0. The number of carbonyl (C=O) groups excluding carboxylic acids is 1. The van der Waals surface area contributed by atoms with Crippen molar-refractivity contribution in [3.63, 3.8) is 0 Å². The normalized spacial score (nSPS) is 27.1. The number of rotatable bonds is 2. The van der Waals surface area contributed by atoms with E-state index in [0.717, 1.165) is 18.0 Å². The number of nitrogens with two attached hydrogens (primary N) is 1. The summed E-state index contributed by atoms with van der Waals surface area (Å²) < 4.78 is 0. The molecule has 3 unspecified atom stereocenters. The van der Waals surface area contributed by atoms with Gasteiger partial charge in [-0.05, 0) is 23.3 Å². The van der Waals surface area contributed by atoms with Gasteiger partial charge in [-0.3, -0.25) is 4.79 Å². The molecular formula is C12H18N2OS. The zero-order valence-electron chi connectivity index (χ0n) is 9.72. The quantitative estimate of drug-likeness (QED) is 0.855. The lowest BCUT2D eigenvalue weighted by molar-refractivity contribution is -0.131. The lowest BCUT2D eigenvalue weighted by Crippen LogP contribution is -2.36. The van der Waals surface area contributed by atoms with Crippen molar-refractivity contribution in [2.75, 3.05) is 13.1 Å². The van der Waals surface area contributed by atoms with Crippen molar-refractivity contribution in [3.05, 3.63) is 22.4 Å². The van der Waals surface area contributed by atoms with Crippen LogP contribution in [0.4, 0.5) is 0 Å². The number of nitrogens with zero attached hydrogens (tertiary/aromatic N) is 1. The Kier molecular flexibility index (Phi) is 3.30. The first-order valence-corrected chi connectivity index (χ1v) is 6.55. The summed E-state index contributed by atoms with van der Waals surface area (Å²) >= 11 is 1.55. The molecule has 16 heavy (non-hydrogen) atoms. The summed E-state index contributed by atoms with van der Waals surface area (Å²) in [7, 11) is 0. The van der Waals surface area contributed by atoms with Gasteiger partial charge >= 0.3 is 0 Å². The smallest absolute Gasteiger partial charge is 0.244 e. The van der Waals surface area contributed by atoms with E-state index >= 15 is 0 Å². The van der Waals surface area contributed by atoms with Gasteiger partial charge in [0.2, 0.25) is 5.91 Å². The summed E-state index contributed by atoms with van der Waals surface area (Å²) in [5.74, 6) is 1.23. The van der Waals surface area contributed by atoms with Gasteiger partial charge in [0.25, 0.3) is 0 Å². The van der Waals surface area contributed by atoms with Gasteiger partial charge in [-0.1, -0.05) is 19.9 Å². The van der Waals surface area contributed by atoms with Gasteiger partial charge in [-0.2, -0.15) is 0 Å². The van der Waals surface area contributed by atoms with Crippen LogP contribution >= 0.6 is 11.3 Å². The van der Waals surface area contributed by atoms with Crippen LogP contribution in [0.25, 0.3) is 0 Å². The fourth-order valence-corrected chi connectivity index (χ4v) is 2.82. The van der Waals surface area contributed by atoms with Crippen molar-refractivity contribution in [1.29, 1.82) is 0 Å². The minimum Gasteiger partial charge on any atom is -0.340 e. The molecule has 0 aliphatic carbocycles. The molecule has 4 heteroatoms. The highest BCUT2D eigenvalue weighted by Gasteiger charge is 2.32. The molecule has 3 nitrogen and oxygen atoms in total. The van der Waals surface area contributed by atoms with Crippen molar-refractivity contribution in [1.82, 2.24) is 4.90 Å². The first kappa shape index (κ1) is 11.6. The number of hydrogen-bond donors (Lipinski definition) is 1. The van der Waals surface area contributed by atoms with Gasteiger partial charge in [0.05, 0.1) is 0 Å². The van der Waals surface area contributed by atoms with Crippen molar-refractivity contribution < 1.29 is 4.79 Å². The van der Waals surface area contributed by atoms with Crippen LogP contribution in [0.15, 0.2) is 17.5 Å². The maximum atomic E-state index is 12.1. The van der Waals surface area contributed by atoms with Gasteiger partial charge < -0.3 is 10.6 Å². The highest BCUT2D eigenvalue weighted by Crippen LogP contribution is 2.26. The standard InChI is InChI=1S/C12H18N2OS/c1-8-6-14(7-9(8)2)12(15)11(13)10-4-3-5-16-10/h3-5,8-9,11H,6-7,13H2,1-2H3. The minimum atomic E-state index is -0.475. The first-order chi connectivity index (χ1) is 7.59. The lowest BCUT2D eigenvalue weighted by Gasteiger charge is -2.19. The summed E-state index contributed by atoms with van der Waals surface area (Å²) in [5.41, 5.74) is 5.97. The number of thiophene rings is 1. The second kappa shape index (κ2) is 4.55. The molecule has 1 aliphatic rings. The Morgan fingerprint density at radius 1 is 1.50 bits per heavy atom. The Morgan fingerprint density at radius 3 is 2.62 bits per heavy atom. The number of amides is 1. The van der Waals surface area contributed by atoms with Crippen molar-refractivity contribution in [2.24, 2.45) is 17.6 Å². The van der Waals surface area contributed by atoms with Gasteiger partial charge in [0.1, 0.15) is 6.04 Å². The molecule has 0 aromatic carbocycles. The summed E-state index contributed by atoms with van der Waals surface area (Å²) in [6.07, 6.45) is 0. The van der Waals surface area contributed by atoms with Crippen LogP contribution in [0, 0.1) is 11.8 Å². The van der Waals surface area contributed by atoms with E-state index in [9.17, 15) is 4.79 Å². The zero-order chi connectivity index (χ0) is 11.7. The average Bonchev–Trinajstić information content (AvgIpc) is 2.87. The maximum absolute atomic E-state index is 12.1. The van der Waals surface area contributed by atoms with E-state index in [1.54, 1.807) is 11.3 Å². The Morgan fingerprint density at radius 2 is 2.12 bits per heavy atom. The van der Waals surface area contributed by atoms with Gasteiger partial charge in [-0.15, -0.1) is 11.3 Å². The summed E-state index contributed by atoms with van der Waals surface area (Å²) in [4.78, 5) is 15.0. The molecule has 0 radical (unpaired) electrons. The Hall–Kier alpha value is -0.870. The second-order valence-electron chi connectivity index (χ2n) is 4.69. The third-order valence-corrected chi connectivity index (χ3v) is 4.37. The molecule has 2 heterocycles. The van der Waals surface area contributed by atoms with E-state index in [-0.39, 0.29) is 5.91 Å². The number of hydrogen-bond acceptors (Lipinski definition) is 3. The predicted octanol–water partition coefficient (Wildman–Crippen LogP) is 1.86. The average molecular weight is 238 g/mol. The molecule has 3 atom stereocenters. The summed E-state index contributed by atoms with van der Waals surface area (Å²) in [5, 5.41) is 1.96. The number of carbonyl (C=O) groups is 1. The van der Waals surface area contributed by atoms with Crippen molar-refractivity contribution >= 4 is 17.2 Å². The van der Waals surface area contributed by atoms with Crippen LogP contribution in [0.5, 0.6) is 0 Å². The molecule has 2 N–H and O–H groups in total. The van der Waals surface area contributed by atoms with Gasteiger partial charge in [0.15, 0.2) is 0 Å². The summed E-state index contributed by atoms with van der Waals surface area (Å²) in [6.45, 7) is 6.07. The molecule has 1 aliphatic heterocycles. The highest BCUT2D eigenvalue weighted by atomic mass is 32.1. The molecule has 0 spiro atoms. The second-order valence-corrected chi connectivity index (χ2v) is 5.67. The topological polar surface area (TPSA) is 46.3 Å². The molecule has 88 valence electrons. The minimum absolute atomic E-state index is 0.0682. The van der Waals surface area contributed by atoms with E-state index in [2.05, 4.69) is 13.8 Å². The Labute approximate surface area is 100 Å². The molecule has 0 bridgehead atoms. The van der Waals surface area contributed by atoms with Gasteiger partial charge in [0, 0.05) is 18.0 Å². The van der Waals surface area contributed by atoms with E-state index in [4.69, 9.17) is 5.73 Å². The third-order valence-electron chi connectivity index (χ3n) is 3.42. The monoisotopic (exact) mass is 238 g/mol. The van der Waals surface area contributed by atoms with Crippen LogP contribution in [-0.2, 0) is 4.79 Å². The van der Waals surface area contributed by atoms with E-state index in [0.29, 0.717) is 11.8 Å². The van der Waals surface area contributed by atoms with Crippen molar-refractivity contribution in [3.8, 4) is 0 Å². The summed E-state index contributed by atoms with van der Waals surface area (Å²) in [6, 6.07) is 3.39. The fourth-order valence-electron chi connectivity index (χ4n) is 2.10. The van der Waals surface area contributed by atoms with Crippen LogP contribution < -0.4 is 5.73 Å². The molecule has 1 amide bonds. The third kappa shape index (κ3) is 2.13. The van der Waals surface area contributed by atoms with Crippen molar-refractivity contribution in [2.45, 2.75) is 19.9 Å². The van der Waals surface area contributed by atoms with Crippen LogP contribution in [0.3, 0.4) is 0 Å². The first-order valence-electron chi connectivity index (χ1n) is 5.67. The van der Waals surface area contributed by atoms with Crippen LogP contribution in [-0.4, -0.2) is 23.9 Å². The largest absolute Gasteiger partial charge is 0.340 e. The van der Waals surface area contributed by atoms with Gasteiger partial charge in [-0.25, -0.2) is 0 Å². The Balaban J connectivity index is 2.03. The van der Waals surface area contributed by atoms with Crippen LogP contribution in [0.1, 0.15) is 24.8 Å². The number of likely N-dealkylation sites (tertiary alicyclic amines) is 1. The van der Waals surface area contributed by atoms with E-state index in [1.165, 1.54) is 0 Å². The maximum Gasteiger partial charge on any atom is 0.244 e. The van der Waals surface area contributed by atoms with Crippen LogP contribution in [0.2, 0.25) is 0 Å². The molecule has 1 aromatic heterocycles. The molecule has 2 rings (SSSR count). The molecule has 1 aromatic rings. The molecule has 0 saturated carbocycles. The highest BCUT2D eigenvalue weighted by molar-refractivity contribution is 7.10. The van der Waals surface area contributed by atoms with E-state index < -0.39 is 6.04 Å². The molecule has 1 fully saturated rings. The predicted molar refractivity (Wildman–Crippen MR) is 66.2 cm³/mol. The Bertz CT molecular complexity index is 353.